The number of benzene rings is 2. The minimum atomic E-state index is 0.165. The molecule has 0 saturated heterocycles. The number of ether oxygens (including phenoxy) is 4. The van der Waals surface area contributed by atoms with Crippen molar-refractivity contribution in [3.63, 3.8) is 0 Å². The van der Waals surface area contributed by atoms with Crippen molar-refractivity contribution in [1.82, 2.24) is 14.4 Å². The average molecular weight is 428 g/mol. The Hall–Kier alpha value is -4.38. The summed E-state index contributed by atoms with van der Waals surface area (Å²) < 4.78 is 23.9. The normalized spacial score (nSPS) is 11.9. The number of fused-ring (bicyclic) bond motifs is 2. The van der Waals surface area contributed by atoms with Crippen molar-refractivity contribution in [3.8, 4) is 46.6 Å². The third-order valence-corrected chi connectivity index (χ3v) is 5.08. The fraction of sp³-hybridized carbons (Fsp3) is 0.167. The second kappa shape index (κ2) is 8.40. The van der Waals surface area contributed by atoms with E-state index >= 15 is 0 Å². The molecule has 1 aliphatic heterocycles. The van der Waals surface area contributed by atoms with Gasteiger partial charge < -0.3 is 24.3 Å². The van der Waals surface area contributed by atoms with Gasteiger partial charge in [-0.2, -0.15) is 0 Å². The van der Waals surface area contributed by atoms with Gasteiger partial charge in [0.1, 0.15) is 18.1 Å². The molecule has 2 aromatic carbocycles. The van der Waals surface area contributed by atoms with E-state index in [2.05, 4.69) is 16.2 Å². The maximum absolute atomic E-state index is 5.56. The Labute approximate surface area is 184 Å². The van der Waals surface area contributed by atoms with Crippen LogP contribution in [0.15, 0.2) is 55.0 Å². The van der Waals surface area contributed by atoms with Gasteiger partial charge in [0.05, 0.1) is 13.3 Å². The number of hydrogen-bond donors (Lipinski definition) is 1. The molecule has 8 nitrogen and oxygen atoms in total. The zero-order valence-corrected chi connectivity index (χ0v) is 17.4. The molecule has 8 heteroatoms. The number of methoxy groups -OCH3 is 1. The third kappa shape index (κ3) is 3.61. The molecule has 0 saturated carbocycles. The Kier molecular flexibility index (Phi) is 5.14. The van der Waals surface area contributed by atoms with Crippen molar-refractivity contribution in [2.45, 2.75) is 6.54 Å². The van der Waals surface area contributed by atoms with Gasteiger partial charge in [-0.1, -0.05) is 12.0 Å². The monoisotopic (exact) mass is 428 g/mol. The SMILES string of the molecule is C#CCOc1ccc(-c2nc3cnccn3c2NCc2ccc3c(c2)OCO3)cc1OC. The number of nitrogens with one attached hydrogen (secondary N) is 1. The maximum Gasteiger partial charge on any atom is 0.231 e. The molecule has 0 bridgehead atoms. The summed E-state index contributed by atoms with van der Waals surface area (Å²) in [6.07, 6.45) is 10.6. The van der Waals surface area contributed by atoms with Gasteiger partial charge in [-0.25, -0.2) is 4.98 Å². The number of imidazole rings is 1. The predicted octanol–water partition coefficient (Wildman–Crippen LogP) is 3.76. The van der Waals surface area contributed by atoms with Gasteiger partial charge in [0.15, 0.2) is 28.6 Å². The number of terminal acetylenes is 1. The molecule has 0 spiro atoms. The van der Waals surface area contributed by atoms with Crippen molar-refractivity contribution in [2.24, 2.45) is 0 Å². The van der Waals surface area contributed by atoms with Crippen LogP contribution in [0.2, 0.25) is 0 Å². The third-order valence-electron chi connectivity index (χ3n) is 5.08. The summed E-state index contributed by atoms with van der Waals surface area (Å²) in [7, 11) is 1.59. The summed E-state index contributed by atoms with van der Waals surface area (Å²) in [5.74, 6) is 5.96. The molecule has 1 N–H and O–H groups in total. The quantitative estimate of drug-likeness (QED) is 0.449. The van der Waals surface area contributed by atoms with Crippen LogP contribution in [-0.2, 0) is 6.54 Å². The summed E-state index contributed by atoms with van der Waals surface area (Å²) >= 11 is 0. The van der Waals surface area contributed by atoms with Crippen LogP contribution < -0.4 is 24.3 Å². The maximum atomic E-state index is 5.56. The smallest absolute Gasteiger partial charge is 0.231 e. The molecule has 0 radical (unpaired) electrons. The van der Waals surface area contributed by atoms with E-state index in [-0.39, 0.29) is 13.4 Å². The molecule has 3 heterocycles. The first-order valence-electron chi connectivity index (χ1n) is 9.96. The summed E-state index contributed by atoms with van der Waals surface area (Å²) in [6.45, 7) is 0.984. The Balaban J connectivity index is 1.50. The number of nitrogens with zero attached hydrogens (tertiary/aromatic N) is 3. The predicted molar refractivity (Wildman–Crippen MR) is 119 cm³/mol. The van der Waals surface area contributed by atoms with Crippen LogP contribution >= 0.6 is 0 Å². The van der Waals surface area contributed by atoms with Crippen LogP contribution in [0.25, 0.3) is 16.9 Å². The van der Waals surface area contributed by atoms with Gasteiger partial charge in [0.2, 0.25) is 6.79 Å². The Bertz CT molecular complexity index is 1330. The zero-order chi connectivity index (χ0) is 21.9. The fourth-order valence-corrected chi connectivity index (χ4v) is 3.57. The highest BCUT2D eigenvalue weighted by atomic mass is 16.7. The van der Waals surface area contributed by atoms with Crippen molar-refractivity contribution in [2.75, 3.05) is 25.8 Å². The highest BCUT2D eigenvalue weighted by Gasteiger charge is 2.18. The van der Waals surface area contributed by atoms with E-state index in [0.29, 0.717) is 18.0 Å². The first kappa shape index (κ1) is 19.6. The van der Waals surface area contributed by atoms with E-state index in [1.54, 1.807) is 19.5 Å². The van der Waals surface area contributed by atoms with E-state index in [1.165, 1.54) is 0 Å². The largest absolute Gasteiger partial charge is 0.493 e. The van der Waals surface area contributed by atoms with Crippen molar-refractivity contribution < 1.29 is 18.9 Å². The van der Waals surface area contributed by atoms with Crippen molar-refractivity contribution >= 4 is 11.5 Å². The van der Waals surface area contributed by atoms with Crippen LogP contribution in [0.4, 0.5) is 5.82 Å². The standard InChI is InChI=1S/C24H20N4O4/c1-3-10-30-18-7-5-17(12-20(18)29-2)23-24(28-9-8-25-14-22(28)27-23)26-13-16-4-6-19-21(11-16)32-15-31-19/h1,4-9,11-12,14,26H,10,13,15H2,2H3. The fourth-order valence-electron chi connectivity index (χ4n) is 3.57. The molecular formula is C24H20N4O4. The van der Waals surface area contributed by atoms with Gasteiger partial charge in [0, 0.05) is 24.5 Å². The molecule has 1 aliphatic rings. The number of anilines is 1. The number of rotatable bonds is 7. The van der Waals surface area contributed by atoms with Crippen molar-refractivity contribution in [3.05, 3.63) is 60.6 Å². The molecule has 0 fully saturated rings. The average Bonchev–Trinajstić information content (AvgIpc) is 3.45. The molecular weight excluding hydrogens is 408 g/mol. The summed E-state index contributed by atoms with van der Waals surface area (Å²) in [5.41, 5.74) is 3.41. The van der Waals surface area contributed by atoms with Crippen LogP contribution in [0.5, 0.6) is 23.0 Å². The summed E-state index contributed by atoms with van der Waals surface area (Å²) in [6, 6.07) is 11.5. The highest BCUT2D eigenvalue weighted by Crippen LogP contribution is 2.36. The molecule has 0 unspecified atom stereocenters. The lowest BCUT2D eigenvalue weighted by molar-refractivity contribution is 0.174. The second-order valence-corrected chi connectivity index (χ2v) is 7.01. The molecule has 0 atom stereocenters. The molecule has 0 aliphatic carbocycles. The van der Waals surface area contributed by atoms with Gasteiger partial charge in [-0.15, -0.1) is 6.42 Å². The molecule has 4 aromatic rings. The summed E-state index contributed by atoms with van der Waals surface area (Å²) in [5, 5.41) is 3.51. The zero-order valence-electron chi connectivity index (χ0n) is 17.4. The topological polar surface area (TPSA) is 79.1 Å². The van der Waals surface area contributed by atoms with Gasteiger partial charge >= 0.3 is 0 Å². The summed E-state index contributed by atoms with van der Waals surface area (Å²) in [4.78, 5) is 8.98. The van der Waals surface area contributed by atoms with E-state index in [0.717, 1.165) is 39.8 Å². The Morgan fingerprint density at radius 1 is 1.16 bits per heavy atom. The Morgan fingerprint density at radius 2 is 2.06 bits per heavy atom. The lowest BCUT2D eigenvalue weighted by Gasteiger charge is -2.12. The van der Waals surface area contributed by atoms with Gasteiger partial charge in [-0.3, -0.25) is 9.38 Å². The lowest BCUT2D eigenvalue weighted by atomic mass is 10.1. The molecule has 0 amide bonds. The van der Waals surface area contributed by atoms with Crippen LogP contribution in [-0.4, -0.2) is 34.9 Å². The first-order valence-corrected chi connectivity index (χ1v) is 9.96. The Morgan fingerprint density at radius 3 is 2.94 bits per heavy atom. The highest BCUT2D eigenvalue weighted by molar-refractivity contribution is 5.78. The van der Waals surface area contributed by atoms with E-state index in [4.69, 9.17) is 30.4 Å². The minimum absolute atomic E-state index is 0.165. The number of hydrogen-bond acceptors (Lipinski definition) is 7. The van der Waals surface area contributed by atoms with Gasteiger partial charge in [0.25, 0.3) is 0 Å². The van der Waals surface area contributed by atoms with Crippen LogP contribution in [0.1, 0.15) is 5.56 Å². The minimum Gasteiger partial charge on any atom is -0.493 e. The van der Waals surface area contributed by atoms with Gasteiger partial charge in [-0.05, 0) is 35.9 Å². The molecule has 5 rings (SSSR count). The van der Waals surface area contributed by atoms with Crippen LogP contribution in [0.3, 0.4) is 0 Å². The molecule has 160 valence electrons. The first-order chi connectivity index (χ1) is 15.8. The number of aromatic nitrogens is 3. The van der Waals surface area contributed by atoms with Crippen LogP contribution in [0, 0.1) is 12.3 Å². The molecule has 2 aromatic heterocycles. The van der Waals surface area contributed by atoms with Crippen molar-refractivity contribution in [1.29, 1.82) is 0 Å². The second-order valence-electron chi connectivity index (χ2n) is 7.01. The van der Waals surface area contributed by atoms with E-state index in [1.807, 2.05) is 47.0 Å². The lowest BCUT2D eigenvalue weighted by Crippen LogP contribution is -2.04. The van der Waals surface area contributed by atoms with E-state index < -0.39 is 0 Å². The molecule has 32 heavy (non-hydrogen) atoms. The van der Waals surface area contributed by atoms with E-state index in [9.17, 15) is 0 Å².